The van der Waals surface area contributed by atoms with Gasteiger partial charge in [0.2, 0.25) is 0 Å². The average molecular weight is 241 g/mol. The van der Waals surface area contributed by atoms with Crippen molar-refractivity contribution in [1.82, 2.24) is 9.97 Å². The van der Waals surface area contributed by atoms with Gasteiger partial charge in [-0.2, -0.15) is 0 Å². The number of hydrogen-bond acceptors (Lipinski definition) is 4. The zero-order chi connectivity index (χ0) is 11.7. The quantitative estimate of drug-likeness (QED) is 0.688. The molecule has 0 radical (unpaired) electrons. The van der Waals surface area contributed by atoms with Crippen molar-refractivity contribution in [2.45, 2.75) is 0 Å². The van der Waals surface area contributed by atoms with E-state index >= 15 is 0 Å². The average Bonchev–Trinajstić information content (AvgIpc) is 2.83. The maximum atomic E-state index is 4.19. The van der Waals surface area contributed by atoms with Crippen molar-refractivity contribution in [3.05, 3.63) is 48.4 Å². The van der Waals surface area contributed by atoms with E-state index in [4.69, 9.17) is 0 Å². The molecular formula is C13H11N3S. The van der Waals surface area contributed by atoms with E-state index in [0.29, 0.717) is 0 Å². The summed E-state index contributed by atoms with van der Waals surface area (Å²) in [6, 6.07) is 6.05. The Labute approximate surface area is 103 Å². The number of hydrogen-bond donors (Lipinski definition) is 0. The summed E-state index contributed by atoms with van der Waals surface area (Å²) in [7, 11) is 2.06. The molecule has 4 heteroatoms. The second-order valence-corrected chi connectivity index (χ2v) is 4.67. The van der Waals surface area contributed by atoms with Crippen molar-refractivity contribution in [3.63, 3.8) is 0 Å². The molecule has 3 aromatic heterocycles. The van der Waals surface area contributed by atoms with Gasteiger partial charge in [-0.25, -0.2) is 0 Å². The van der Waals surface area contributed by atoms with E-state index in [1.165, 1.54) is 15.8 Å². The smallest absolute Gasteiger partial charge is 0.0612 e. The highest BCUT2D eigenvalue weighted by molar-refractivity contribution is 7.17. The summed E-state index contributed by atoms with van der Waals surface area (Å²) < 4.78 is 1.26. The van der Waals surface area contributed by atoms with Crippen LogP contribution >= 0.6 is 11.3 Å². The molecule has 0 N–H and O–H groups in total. The molecule has 0 atom stereocenters. The van der Waals surface area contributed by atoms with Crippen LogP contribution in [0, 0.1) is 0 Å². The molecule has 3 heterocycles. The molecule has 0 unspecified atom stereocenters. The maximum absolute atomic E-state index is 4.19. The molecule has 0 fully saturated rings. The van der Waals surface area contributed by atoms with Crippen molar-refractivity contribution >= 4 is 32.8 Å². The van der Waals surface area contributed by atoms with E-state index in [0.717, 1.165) is 5.69 Å². The summed E-state index contributed by atoms with van der Waals surface area (Å²) in [4.78, 5) is 10.4. The molecule has 84 valence electrons. The first-order chi connectivity index (χ1) is 8.36. The molecule has 0 saturated carbocycles. The first kappa shape index (κ1) is 10.2. The van der Waals surface area contributed by atoms with Gasteiger partial charge >= 0.3 is 0 Å². The Bertz CT molecular complexity index is 633. The molecule has 17 heavy (non-hydrogen) atoms. The Morgan fingerprint density at radius 2 is 1.82 bits per heavy atom. The van der Waals surface area contributed by atoms with Crippen LogP contribution in [0.2, 0.25) is 0 Å². The normalized spacial score (nSPS) is 10.6. The summed E-state index contributed by atoms with van der Waals surface area (Å²) in [6.07, 6.45) is 7.35. The standard InChI is InChI=1S/C13H11N3S/c1-16(10-2-5-14-6-3-10)12-9-17-13-4-7-15-8-11(12)13/h2-9H,1H3. The number of anilines is 2. The Kier molecular flexibility index (Phi) is 2.49. The predicted octanol–water partition coefficient (Wildman–Crippen LogP) is 3.46. The monoisotopic (exact) mass is 241 g/mol. The van der Waals surface area contributed by atoms with E-state index in [2.05, 4.69) is 27.3 Å². The molecule has 3 aromatic rings. The van der Waals surface area contributed by atoms with Crippen LogP contribution in [0.25, 0.3) is 10.1 Å². The van der Waals surface area contributed by atoms with Crippen molar-refractivity contribution in [2.24, 2.45) is 0 Å². The Morgan fingerprint density at radius 1 is 1.06 bits per heavy atom. The summed E-state index contributed by atoms with van der Waals surface area (Å²) in [6.45, 7) is 0. The summed E-state index contributed by atoms with van der Waals surface area (Å²) in [5.41, 5.74) is 2.31. The Hall–Kier alpha value is -1.94. The highest BCUT2D eigenvalue weighted by Crippen LogP contribution is 2.34. The third-order valence-corrected chi connectivity index (χ3v) is 3.72. The lowest BCUT2D eigenvalue weighted by Crippen LogP contribution is -2.08. The van der Waals surface area contributed by atoms with Gasteiger partial charge < -0.3 is 4.90 Å². The molecule has 0 spiro atoms. The zero-order valence-corrected chi connectivity index (χ0v) is 10.2. The van der Waals surface area contributed by atoms with Crippen LogP contribution in [0.15, 0.2) is 48.4 Å². The van der Waals surface area contributed by atoms with Crippen molar-refractivity contribution in [2.75, 3.05) is 11.9 Å². The first-order valence-electron chi connectivity index (χ1n) is 5.31. The molecule has 0 bridgehead atoms. The Balaban J connectivity index is 2.10. The van der Waals surface area contributed by atoms with Gasteiger partial charge in [-0.3, -0.25) is 9.97 Å². The molecule has 0 aromatic carbocycles. The molecule has 0 saturated heterocycles. The zero-order valence-electron chi connectivity index (χ0n) is 9.37. The van der Waals surface area contributed by atoms with Crippen LogP contribution in [0.3, 0.4) is 0 Å². The van der Waals surface area contributed by atoms with Crippen LogP contribution in [0.1, 0.15) is 0 Å². The molecule has 0 aliphatic heterocycles. The second kappa shape index (κ2) is 4.14. The van der Waals surface area contributed by atoms with Gasteiger partial charge in [0.05, 0.1) is 5.69 Å². The van der Waals surface area contributed by atoms with E-state index in [1.54, 1.807) is 23.7 Å². The van der Waals surface area contributed by atoms with Crippen molar-refractivity contribution in [3.8, 4) is 0 Å². The highest BCUT2D eigenvalue weighted by atomic mass is 32.1. The van der Waals surface area contributed by atoms with Crippen LogP contribution in [0.5, 0.6) is 0 Å². The van der Waals surface area contributed by atoms with E-state index < -0.39 is 0 Å². The molecule has 3 rings (SSSR count). The number of thiophene rings is 1. The van der Waals surface area contributed by atoms with Gasteiger partial charge in [-0.1, -0.05) is 0 Å². The summed E-state index contributed by atoms with van der Waals surface area (Å²) >= 11 is 1.74. The van der Waals surface area contributed by atoms with Crippen molar-refractivity contribution < 1.29 is 0 Å². The summed E-state index contributed by atoms with van der Waals surface area (Å²) in [5, 5.41) is 3.35. The Morgan fingerprint density at radius 3 is 2.65 bits per heavy atom. The second-order valence-electron chi connectivity index (χ2n) is 3.76. The van der Waals surface area contributed by atoms with Crippen LogP contribution in [-0.2, 0) is 0 Å². The number of aromatic nitrogens is 2. The van der Waals surface area contributed by atoms with Crippen LogP contribution in [-0.4, -0.2) is 17.0 Å². The molecule has 3 nitrogen and oxygen atoms in total. The molecule has 0 aliphatic carbocycles. The first-order valence-corrected chi connectivity index (χ1v) is 6.19. The fourth-order valence-corrected chi connectivity index (χ4v) is 2.77. The largest absolute Gasteiger partial charge is 0.343 e. The number of rotatable bonds is 2. The van der Waals surface area contributed by atoms with Gasteiger partial charge in [-0.05, 0) is 18.2 Å². The highest BCUT2D eigenvalue weighted by Gasteiger charge is 2.09. The number of pyridine rings is 2. The molecule has 0 aliphatic rings. The fourth-order valence-electron chi connectivity index (χ4n) is 1.83. The third-order valence-electron chi connectivity index (χ3n) is 2.77. The lowest BCUT2D eigenvalue weighted by atomic mass is 10.2. The minimum Gasteiger partial charge on any atom is -0.343 e. The predicted molar refractivity (Wildman–Crippen MR) is 71.9 cm³/mol. The van der Waals surface area contributed by atoms with Gasteiger partial charge in [0.25, 0.3) is 0 Å². The van der Waals surface area contributed by atoms with Crippen LogP contribution in [0.4, 0.5) is 11.4 Å². The van der Waals surface area contributed by atoms with E-state index in [9.17, 15) is 0 Å². The third kappa shape index (κ3) is 1.76. The fraction of sp³-hybridized carbons (Fsp3) is 0.0769. The molecule has 0 amide bonds. The minimum atomic E-state index is 1.13. The summed E-state index contributed by atoms with van der Waals surface area (Å²) in [5.74, 6) is 0. The van der Waals surface area contributed by atoms with E-state index in [1.807, 2.05) is 30.6 Å². The molecular weight excluding hydrogens is 230 g/mol. The topological polar surface area (TPSA) is 29.0 Å². The minimum absolute atomic E-state index is 1.13. The van der Waals surface area contributed by atoms with E-state index in [-0.39, 0.29) is 0 Å². The van der Waals surface area contributed by atoms with Gasteiger partial charge in [0.15, 0.2) is 0 Å². The van der Waals surface area contributed by atoms with Crippen LogP contribution < -0.4 is 4.90 Å². The number of fused-ring (bicyclic) bond motifs is 1. The maximum Gasteiger partial charge on any atom is 0.0612 e. The van der Waals surface area contributed by atoms with Gasteiger partial charge in [0, 0.05) is 53.0 Å². The van der Waals surface area contributed by atoms with Crippen molar-refractivity contribution in [1.29, 1.82) is 0 Å². The lowest BCUT2D eigenvalue weighted by Gasteiger charge is -2.17. The van der Waals surface area contributed by atoms with Gasteiger partial charge in [-0.15, -0.1) is 11.3 Å². The number of nitrogens with zero attached hydrogens (tertiary/aromatic N) is 3. The van der Waals surface area contributed by atoms with Gasteiger partial charge in [0.1, 0.15) is 0 Å². The SMILES string of the molecule is CN(c1ccncc1)c1csc2ccncc12. The lowest BCUT2D eigenvalue weighted by molar-refractivity contribution is 1.20.